The lowest BCUT2D eigenvalue weighted by atomic mass is 9.83. The fourth-order valence-corrected chi connectivity index (χ4v) is 4.72. The normalized spacial score (nSPS) is 37.7. The second kappa shape index (κ2) is 5.79. The van der Waals surface area contributed by atoms with Gasteiger partial charge in [0.2, 0.25) is 5.95 Å². The van der Waals surface area contributed by atoms with Crippen molar-refractivity contribution in [3.05, 3.63) is 12.0 Å². The topological polar surface area (TPSA) is 77.1 Å². The van der Waals surface area contributed by atoms with Crippen molar-refractivity contribution in [1.29, 1.82) is 0 Å². The van der Waals surface area contributed by atoms with Gasteiger partial charge in [-0.25, -0.2) is 9.37 Å². The SMILES string of the molecule is Fc1cnc(N2C3CNCC2C3)nc1NC1CCC2NNCC2C1. The molecule has 4 heterocycles. The fraction of sp³-hybridized carbons (Fsp3) is 0.750. The van der Waals surface area contributed by atoms with Gasteiger partial charge >= 0.3 is 0 Å². The zero-order valence-corrected chi connectivity index (χ0v) is 13.6. The van der Waals surface area contributed by atoms with E-state index in [0.29, 0.717) is 35.8 Å². The van der Waals surface area contributed by atoms with Crippen molar-refractivity contribution in [2.45, 2.75) is 49.9 Å². The first-order chi connectivity index (χ1) is 11.8. The van der Waals surface area contributed by atoms with Crippen LogP contribution in [0.4, 0.5) is 16.2 Å². The maximum atomic E-state index is 14.2. The molecule has 1 saturated carbocycles. The molecule has 0 amide bonds. The molecule has 3 saturated heterocycles. The van der Waals surface area contributed by atoms with Gasteiger partial charge in [0.25, 0.3) is 0 Å². The lowest BCUT2D eigenvalue weighted by Crippen LogP contribution is -2.68. The monoisotopic (exact) mass is 333 g/mol. The van der Waals surface area contributed by atoms with Crippen LogP contribution < -0.4 is 26.4 Å². The third-order valence-electron chi connectivity index (χ3n) is 6.03. The van der Waals surface area contributed by atoms with Crippen molar-refractivity contribution in [3.63, 3.8) is 0 Å². The van der Waals surface area contributed by atoms with Gasteiger partial charge in [0, 0.05) is 43.8 Å². The van der Waals surface area contributed by atoms with E-state index in [-0.39, 0.29) is 11.9 Å². The van der Waals surface area contributed by atoms with Gasteiger partial charge in [-0.3, -0.25) is 10.9 Å². The highest BCUT2D eigenvalue weighted by Crippen LogP contribution is 2.33. The van der Waals surface area contributed by atoms with E-state index in [1.165, 1.54) is 12.6 Å². The van der Waals surface area contributed by atoms with Gasteiger partial charge < -0.3 is 15.5 Å². The van der Waals surface area contributed by atoms with Crippen molar-refractivity contribution < 1.29 is 4.39 Å². The van der Waals surface area contributed by atoms with E-state index in [1.54, 1.807) is 0 Å². The van der Waals surface area contributed by atoms with Crippen LogP contribution >= 0.6 is 0 Å². The Bertz CT molecular complexity index is 612. The van der Waals surface area contributed by atoms with E-state index in [1.807, 2.05) is 0 Å². The fourth-order valence-electron chi connectivity index (χ4n) is 4.72. The number of nitrogens with zero attached hydrogens (tertiary/aromatic N) is 3. The first-order valence-electron chi connectivity index (χ1n) is 9.04. The third-order valence-corrected chi connectivity index (χ3v) is 6.03. The lowest BCUT2D eigenvalue weighted by molar-refractivity contribution is 0.258. The Morgan fingerprint density at radius 3 is 2.88 bits per heavy atom. The summed E-state index contributed by atoms with van der Waals surface area (Å²) in [6.45, 7) is 2.92. The molecule has 3 aliphatic heterocycles. The number of hydrogen-bond donors (Lipinski definition) is 4. The van der Waals surface area contributed by atoms with Crippen LogP contribution in [0.15, 0.2) is 6.20 Å². The maximum Gasteiger partial charge on any atom is 0.228 e. The van der Waals surface area contributed by atoms with Crippen molar-refractivity contribution in [1.82, 2.24) is 26.1 Å². The van der Waals surface area contributed by atoms with E-state index < -0.39 is 0 Å². The molecule has 0 spiro atoms. The number of nitrogens with one attached hydrogen (secondary N) is 4. The first-order valence-corrected chi connectivity index (χ1v) is 9.04. The molecule has 24 heavy (non-hydrogen) atoms. The molecule has 5 rings (SSSR count). The number of fused-ring (bicyclic) bond motifs is 3. The average Bonchev–Trinajstić information content (AvgIpc) is 3.06. The number of halogens is 1. The minimum atomic E-state index is -0.354. The third kappa shape index (κ3) is 2.44. The summed E-state index contributed by atoms with van der Waals surface area (Å²) < 4.78 is 14.2. The van der Waals surface area contributed by atoms with Crippen molar-refractivity contribution in [2.24, 2.45) is 5.92 Å². The molecular formula is C16H24FN7. The Morgan fingerprint density at radius 2 is 2.04 bits per heavy atom. The van der Waals surface area contributed by atoms with Crippen LogP contribution in [0, 0.1) is 11.7 Å². The van der Waals surface area contributed by atoms with E-state index in [9.17, 15) is 4.39 Å². The minimum Gasteiger partial charge on any atom is -0.365 e. The van der Waals surface area contributed by atoms with E-state index in [4.69, 9.17) is 0 Å². The van der Waals surface area contributed by atoms with Gasteiger partial charge in [-0.2, -0.15) is 4.98 Å². The Kier molecular flexibility index (Phi) is 3.57. The van der Waals surface area contributed by atoms with Gasteiger partial charge in [0.05, 0.1) is 6.20 Å². The lowest BCUT2D eigenvalue weighted by Gasteiger charge is -2.53. The van der Waals surface area contributed by atoms with E-state index in [0.717, 1.165) is 38.9 Å². The molecule has 1 aromatic heterocycles. The van der Waals surface area contributed by atoms with Gasteiger partial charge in [-0.1, -0.05) is 0 Å². The zero-order valence-electron chi connectivity index (χ0n) is 13.6. The zero-order chi connectivity index (χ0) is 16.1. The van der Waals surface area contributed by atoms with Crippen LogP contribution in [0.2, 0.25) is 0 Å². The number of hydrogen-bond acceptors (Lipinski definition) is 7. The van der Waals surface area contributed by atoms with Crippen molar-refractivity contribution >= 4 is 11.8 Å². The number of hydrazine groups is 1. The quantitative estimate of drug-likeness (QED) is 0.630. The van der Waals surface area contributed by atoms with Gasteiger partial charge in [-0.05, 0) is 31.6 Å². The average molecular weight is 333 g/mol. The van der Waals surface area contributed by atoms with Gasteiger partial charge in [0.1, 0.15) is 0 Å². The Labute approximate surface area is 140 Å². The van der Waals surface area contributed by atoms with Crippen LogP contribution in [-0.2, 0) is 0 Å². The minimum absolute atomic E-state index is 0.280. The van der Waals surface area contributed by atoms with E-state index >= 15 is 0 Å². The Balaban J connectivity index is 1.31. The standard InChI is InChI=1S/C16H24FN7/c17-13-8-19-16(24-11-4-12(24)7-18-6-11)22-15(13)21-10-1-2-14-9(3-10)5-20-23-14/h8-12,14,18,20,23H,1-7H2,(H,19,21,22). The van der Waals surface area contributed by atoms with Crippen LogP contribution in [0.5, 0.6) is 0 Å². The molecule has 5 atom stereocenters. The van der Waals surface area contributed by atoms with Crippen LogP contribution in [-0.4, -0.2) is 53.8 Å². The molecular weight excluding hydrogens is 309 g/mol. The highest BCUT2D eigenvalue weighted by molar-refractivity contribution is 5.47. The Morgan fingerprint density at radius 1 is 1.17 bits per heavy atom. The molecule has 1 aromatic rings. The smallest absolute Gasteiger partial charge is 0.228 e. The summed E-state index contributed by atoms with van der Waals surface area (Å²) >= 11 is 0. The highest BCUT2D eigenvalue weighted by Gasteiger charge is 2.43. The second-order valence-electron chi connectivity index (χ2n) is 7.52. The Hall–Kier alpha value is -1.51. The molecule has 4 aliphatic rings. The molecule has 7 nitrogen and oxygen atoms in total. The maximum absolute atomic E-state index is 14.2. The highest BCUT2D eigenvalue weighted by atomic mass is 19.1. The molecule has 1 aliphatic carbocycles. The summed E-state index contributed by atoms with van der Waals surface area (Å²) in [7, 11) is 0. The summed E-state index contributed by atoms with van der Waals surface area (Å²) in [5.74, 6) is 1.29. The number of aromatic nitrogens is 2. The molecule has 4 N–H and O–H groups in total. The van der Waals surface area contributed by atoms with Gasteiger partial charge in [-0.15, -0.1) is 0 Å². The molecule has 130 valence electrons. The second-order valence-corrected chi connectivity index (χ2v) is 7.52. The molecule has 0 aromatic carbocycles. The van der Waals surface area contributed by atoms with Crippen molar-refractivity contribution in [2.75, 3.05) is 29.9 Å². The molecule has 0 radical (unpaired) electrons. The predicted octanol–water partition coefficient (Wildman–Crippen LogP) is 0.223. The summed E-state index contributed by atoms with van der Waals surface area (Å²) in [5, 5.41) is 6.75. The summed E-state index contributed by atoms with van der Waals surface area (Å²) in [5.41, 5.74) is 6.56. The molecule has 2 bridgehead atoms. The van der Waals surface area contributed by atoms with Crippen molar-refractivity contribution in [3.8, 4) is 0 Å². The molecule has 4 fully saturated rings. The largest absolute Gasteiger partial charge is 0.365 e. The predicted molar refractivity (Wildman–Crippen MR) is 89.2 cm³/mol. The molecule has 8 heteroatoms. The first kappa shape index (κ1) is 14.8. The summed E-state index contributed by atoms with van der Waals surface area (Å²) in [4.78, 5) is 11.0. The summed E-state index contributed by atoms with van der Waals surface area (Å²) in [6.07, 6.45) is 5.69. The van der Waals surface area contributed by atoms with Crippen LogP contribution in [0.1, 0.15) is 25.7 Å². The van der Waals surface area contributed by atoms with Crippen LogP contribution in [0.3, 0.4) is 0 Å². The van der Waals surface area contributed by atoms with Gasteiger partial charge in [0.15, 0.2) is 11.6 Å². The summed E-state index contributed by atoms with van der Waals surface area (Å²) in [6, 6.07) is 1.74. The van der Waals surface area contributed by atoms with Crippen LogP contribution in [0.25, 0.3) is 0 Å². The number of rotatable bonds is 3. The number of anilines is 2. The number of piperidine rings is 1. The number of piperazine rings is 1. The van der Waals surface area contributed by atoms with E-state index in [2.05, 4.69) is 36.4 Å². The molecule has 5 unspecified atom stereocenters.